The topological polar surface area (TPSA) is 30.5 Å². The molecule has 0 aliphatic rings. The highest BCUT2D eigenvalue weighted by Gasteiger charge is 2.49. The highest BCUT2D eigenvalue weighted by Crippen LogP contribution is 2.40. The number of nitrogens with one attached hydrogen (secondary N) is 1. The van der Waals surface area contributed by atoms with Gasteiger partial charge in [-0.3, -0.25) is 0 Å². The molecule has 0 aromatic heterocycles. The maximum atomic E-state index is 13.5. The van der Waals surface area contributed by atoms with Crippen LogP contribution >= 0.6 is 0 Å². The van der Waals surface area contributed by atoms with Gasteiger partial charge >= 0.3 is 12.3 Å². The van der Waals surface area contributed by atoms with Crippen LogP contribution in [0.1, 0.15) is 11.6 Å². The second-order valence-electron chi connectivity index (χ2n) is 3.80. The summed E-state index contributed by atoms with van der Waals surface area (Å²) < 4.78 is 61.8. The van der Waals surface area contributed by atoms with E-state index < -0.39 is 18.4 Å². The smallest absolute Gasteiger partial charge is 0.326 e. The number of ether oxygens (including phenoxy) is 2. The molecule has 7 heteroatoms. The van der Waals surface area contributed by atoms with E-state index in [2.05, 4.69) is 5.32 Å². The molecule has 1 N–H and O–H groups in total. The van der Waals surface area contributed by atoms with Gasteiger partial charge in [0.1, 0.15) is 17.5 Å². The summed E-state index contributed by atoms with van der Waals surface area (Å²) in [6, 6.07) is 2.19. The normalized spacial score (nSPS) is 13.5. The molecule has 0 radical (unpaired) electrons. The Morgan fingerprint density at radius 2 is 1.79 bits per heavy atom. The van der Waals surface area contributed by atoms with E-state index in [-0.39, 0.29) is 11.3 Å². The predicted octanol–water partition coefficient (Wildman–Crippen LogP) is 2.86. The first kappa shape index (κ1) is 15.6. The lowest BCUT2D eigenvalue weighted by molar-refractivity contribution is -0.150. The molecule has 0 bridgehead atoms. The van der Waals surface area contributed by atoms with Gasteiger partial charge in [-0.1, -0.05) is 0 Å². The molecule has 19 heavy (non-hydrogen) atoms. The van der Waals surface area contributed by atoms with E-state index in [0.717, 1.165) is 0 Å². The molecule has 0 spiro atoms. The summed E-state index contributed by atoms with van der Waals surface area (Å²) in [6.07, 6.45) is -3.78. The molecule has 1 rings (SSSR count). The van der Waals surface area contributed by atoms with Crippen molar-refractivity contribution in [3.8, 4) is 11.5 Å². The van der Waals surface area contributed by atoms with Crippen LogP contribution in [0, 0.1) is 0 Å². The first-order chi connectivity index (χ1) is 8.88. The number of benzene rings is 1. The summed E-state index contributed by atoms with van der Waals surface area (Å²) in [4.78, 5) is 0. The second kappa shape index (κ2) is 6.10. The average molecular weight is 281 g/mol. The van der Waals surface area contributed by atoms with E-state index in [4.69, 9.17) is 9.47 Å². The summed E-state index contributed by atoms with van der Waals surface area (Å²) >= 11 is 0. The molecule has 0 fully saturated rings. The van der Waals surface area contributed by atoms with Crippen LogP contribution in [0.2, 0.25) is 0 Å². The van der Waals surface area contributed by atoms with E-state index in [1.165, 1.54) is 39.5 Å². The Balaban J connectivity index is 3.25. The Hall–Kier alpha value is -1.50. The van der Waals surface area contributed by atoms with Crippen molar-refractivity contribution in [3.63, 3.8) is 0 Å². The van der Waals surface area contributed by atoms with Gasteiger partial charge in [-0.25, -0.2) is 8.78 Å². The summed E-state index contributed by atoms with van der Waals surface area (Å²) in [7, 11) is 3.86. The molecule has 0 saturated heterocycles. The summed E-state index contributed by atoms with van der Waals surface area (Å²) in [5.74, 6) is -3.77. The fourth-order valence-corrected chi connectivity index (χ4v) is 1.74. The van der Waals surface area contributed by atoms with E-state index >= 15 is 0 Å². The third-order valence-corrected chi connectivity index (χ3v) is 2.72. The van der Waals surface area contributed by atoms with Crippen molar-refractivity contribution in [1.82, 2.24) is 5.32 Å². The van der Waals surface area contributed by atoms with Crippen LogP contribution in [-0.2, 0) is 0 Å². The SMILES string of the molecule is CNC(c1ccc(OC)cc1OC)C(F)(F)C(F)F. The minimum absolute atomic E-state index is 0.0547. The van der Waals surface area contributed by atoms with Gasteiger partial charge in [-0.15, -0.1) is 0 Å². The predicted molar refractivity (Wildman–Crippen MR) is 62.3 cm³/mol. The van der Waals surface area contributed by atoms with Crippen LogP contribution in [0.25, 0.3) is 0 Å². The number of hydrogen-bond donors (Lipinski definition) is 1. The molecule has 1 aromatic carbocycles. The van der Waals surface area contributed by atoms with Crippen molar-refractivity contribution >= 4 is 0 Å². The average Bonchev–Trinajstić information content (AvgIpc) is 2.39. The largest absolute Gasteiger partial charge is 0.497 e. The Labute approximate surface area is 108 Å². The van der Waals surface area contributed by atoms with Crippen LogP contribution in [0.4, 0.5) is 17.6 Å². The van der Waals surface area contributed by atoms with Crippen molar-refractivity contribution < 1.29 is 27.0 Å². The zero-order chi connectivity index (χ0) is 14.6. The molecule has 108 valence electrons. The van der Waals surface area contributed by atoms with Crippen LogP contribution in [0.5, 0.6) is 11.5 Å². The Morgan fingerprint density at radius 3 is 2.21 bits per heavy atom. The molecule has 0 saturated carbocycles. The zero-order valence-corrected chi connectivity index (χ0v) is 10.7. The summed E-state index contributed by atoms with van der Waals surface area (Å²) in [5.41, 5.74) is -0.0592. The van der Waals surface area contributed by atoms with E-state index in [0.29, 0.717) is 5.75 Å². The van der Waals surface area contributed by atoms with Crippen molar-refractivity contribution in [2.75, 3.05) is 21.3 Å². The molecule has 0 amide bonds. The number of rotatable bonds is 6. The molecular weight excluding hydrogens is 266 g/mol. The van der Waals surface area contributed by atoms with E-state index in [1.807, 2.05) is 0 Å². The molecule has 1 unspecified atom stereocenters. The van der Waals surface area contributed by atoms with Crippen LogP contribution in [0.15, 0.2) is 18.2 Å². The number of hydrogen-bond acceptors (Lipinski definition) is 3. The van der Waals surface area contributed by atoms with Crippen molar-refractivity contribution in [1.29, 1.82) is 0 Å². The van der Waals surface area contributed by atoms with Gasteiger partial charge in [0.05, 0.1) is 14.2 Å². The van der Waals surface area contributed by atoms with Crippen molar-refractivity contribution in [2.24, 2.45) is 0 Å². The highest BCUT2D eigenvalue weighted by atomic mass is 19.3. The molecule has 0 aliphatic carbocycles. The standard InChI is InChI=1S/C12H15F4NO2/c1-17-10(12(15,16)11(13)14)8-5-4-7(18-2)6-9(8)19-3/h4-6,10-11,17H,1-3H3. The molecular formula is C12H15F4NO2. The molecule has 0 aliphatic heterocycles. The van der Waals surface area contributed by atoms with Crippen molar-refractivity contribution in [2.45, 2.75) is 18.4 Å². The molecule has 1 atom stereocenters. The fourth-order valence-electron chi connectivity index (χ4n) is 1.74. The first-order valence-electron chi connectivity index (χ1n) is 5.43. The number of alkyl halides is 4. The van der Waals surface area contributed by atoms with Gasteiger partial charge < -0.3 is 14.8 Å². The lowest BCUT2D eigenvalue weighted by Crippen LogP contribution is -2.41. The Morgan fingerprint density at radius 1 is 1.16 bits per heavy atom. The summed E-state index contributed by atoms with van der Waals surface area (Å²) in [6.45, 7) is 0. The van der Waals surface area contributed by atoms with E-state index in [9.17, 15) is 17.6 Å². The number of methoxy groups -OCH3 is 2. The third kappa shape index (κ3) is 3.09. The Bertz CT molecular complexity index is 426. The molecule has 1 aromatic rings. The van der Waals surface area contributed by atoms with Gasteiger partial charge in [0, 0.05) is 11.6 Å². The zero-order valence-electron chi connectivity index (χ0n) is 10.7. The van der Waals surface area contributed by atoms with Gasteiger partial charge in [0.15, 0.2) is 0 Å². The van der Waals surface area contributed by atoms with Gasteiger partial charge in [-0.2, -0.15) is 8.78 Å². The third-order valence-electron chi connectivity index (χ3n) is 2.72. The second-order valence-corrected chi connectivity index (χ2v) is 3.80. The van der Waals surface area contributed by atoms with Crippen LogP contribution in [-0.4, -0.2) is 33.6 Å². The lowest BCUT2D eigenvalue weighted by atomic mass is 9.99. The minimum atomic E-state index is -4.21. The van der Waals surface area contributed by atoms with Crippen LogP contribution < -0.4 is 14.8 Å². The van der Waals surface area contributed by atoms with E-state index in [1.54, 1.807) is 0 Å². The molecule has 0 heterocycles. The maximum absolute atomic E-state index is 13.5. The van der Waals surface area contributed by atoms with Crippen molar-refractivity contribution in [3.05, 3.63) is 23.8 Å². The quantitative estimate of drug-likeness (QED) is 0.813. The lowest BCUT2D eigenvalue weighted by Gasteiger charge is -2.27. The molecule has 3 nitrogen and oxygen atoms in total. The van der Waals surface area contributed by atoms with Gasteiger partial charge in [-0.05, 0) is 19.2 Å². The first-order valence-corrected chi connectivity index (χ1v) is 5.43. The Kier molecular flexibility index (Phi) is 4.99. The monoisotopic (exact) mass is 281 g/mol. The fraction of sp³-hybridized carbons (Fsp3) is 0.500. The minimum Gasteiger partial charge on any atom is -0.497 e. The van der Waals surface area contributed by atoms with Gasteiger partial charge in [0.2, 0.25) is 0 Å². The maximum Gasteiger partial charge on any atom is 0.326 e. The van der Waals surface area contributed by atoms with Gasteiger partial charge in [0.25, 0.3) is 0 Å². The highest BCUT2D eigenvalue weighted by molar-refractivity contribution is 5.43. The summed E-state index contributed by atoms with van der Waals surface area (Å²) in [5, 5.41) is 2.20. The number of halogens is 4. The van der Waals surface area contributed by atoms with Crippen LogP contribution in [0.3, 0.4) is 0 Å².